The van der Waals surface area contributed by atoms with Gasteiger partial charge in [0.25, 0.3) is 0 Å². The summed E-state index contributed by atoms with van der Waals surface area (Å²) in [7, 11) is 0. The molecule has 0 radical (unpaired) electrons. The number of benzene rings is 1. The smallest absolute Gasteiger partial charge is 0.137 e. The van der Waals surface area contributed by atoms with Gasteiger partial charge in [-0.2, -0.15) is 0 Å². The SMILES string of the molecule is CC.CCC.Fc1ccc(-c2ncc[nH]2)cc1. The van der Waals surface area contributed by atoms with Crippen molar-refractivity contribution in [2.24, 2.45) is 0 Å². The summed E-state index contributed by atoms with van der Waals surface area (Å²) in [6, 6.07) is 6.21. The zero-order valence-electron chi connectivity index (χ0n) is 11.0. The number of hydrogen-bond donors (Lipinski definition) is 1. The van der Waals surface area contributed by atoms with E-state index in [1.807, 2.05) is 13.8 Å². The van der Waals surface area contributed by atoms with Crippen LogP contribution in [0.15, 0.2) is 36.7 Å². The van der Waals surface area contributed by atoms with Crippen LogP contribution in [0.5, 0.6) is 0 Å². The maximum absolute atomic E-state index is 12.5. The lowest BCUT2D eigenvalue weighted by Crippen LogP contribution is -1.80. The standard InChI is InChI=1S/C9H7FN2.C3H8.C2H6/c10-8-3-1-7(2-4-8)9-11-5-6-12-9;1-3-2;1-2/h1-6H,(H,11,12);3H2,1-2H3;1-2H3. The minimum Gasteiger partial charge on any atom is -0.345 e. The van der Waals surface area contributed by atoms with Crippen LogP contribution in [0.4, 0.5) is 4.39 Å². The zero-order chi connectivity index (χ0) is 13.1. The highest BCUT2D eigenvalue weighted by Gasteiger charge is 1.97. The van der Waals surface area contributed by atoms with Crippen LogP contribution in [0.3, 0.4) is 0 Å². The van der Waals surface area contributed by atoms with Crippen molar-refractivity contribution in [2.75, 3.05) is 0 Å². The number of imidazole rings is 1. The molecule has 0 saturated heterocycles. The molecule has 0 fully saturated rings. The fourth-order valence-electron chi connectivity index (χ4n) is 1.03. The van der Waals surface area contributed by atoms with Gasteiger partial charge in [0.1, 0.15) is 11.6 Å². The predicted molar refractivity (Wildman–Crippen MR) is 71.3 cm³/mol. The number of nitrogens with zero attached hydrogens (tertiary/aromatic N) is 1. The van der Waals surface area contributed by atoms with Crippen molar-refractivity contribution in [3.8, 4) is 11.4 Å². The maximum Gasteiger partial charge on any atom is 0.137 e. The molecular weight excluding hydrogens is 215 g/mol. The van der Waals surface area contributed by atoms with Gasteiger partial charge in [0, 0.05) is 18.0 Å². The molecule has 94 valence electrons. The quantitative estimate of drug-likeness (QED) is 0.766. The van der Waals surface area contributed by atoms with Gasteiger partial charge in [0.05, 0.1) is 0 Å². The third kappa shape index (κ3) is 5.85. The average Bonchev–Trinajstić information content (AvgIpc) is 2.87. The highest BCUT2D eigenvalue weighted by Crippen LogP contribution is 2.13. The minimum atomic E-state index is -0.231. The van der Waals surface area contributed by atoms with Crippen LogP contribution in [-0.2, 0) is 0 Å². The first-order valence-corrected chi connectivity index (χ1v) is 6.03. The Balaban J connectivity index is 0.000000450. The van der Waals surface area contributed by atoms with E-state index in [1.54, 1.807) is 24.5 Å². The molecular formula is C14H21FN2. The molecule has 0 amide bonds. The summed E-state index contributed by atoms with van der Waals surface area (Å²) in [6.45, 7) is 8.25. The Morgan fingerprint density at radius 2 is 1.65 bits per heavy atom. The molecule has 0 aliphatic carbocycles. The summed E-state index contributed by atoms with van der Waals surface area (Å²) in [5, 5.41) is 0. The minimum absolute atomic E-state index is 0.231. The molecule has 2 aromatic rings. The zero-order valence-corrected chi connectivity index (χ0v) is 11.0. The molecule has 17 heavy (non-hydrogen) atoms. The molecule has 3 heteroatoms. The van der Waals surface area contributed by atoms with E-state index in [2.05, 4.69) is 23.8 Å². The molecule has 0 saturated carbocycles. The van der Waals surface area contributed by atoms with Crippen molar-refractivity contribution in [2.45, 2.75) is 34.1 Å². The second kappa shape index (κ2) is 9.58. The first kappa shape index (κ1) is 15.4. The second-order valence-corrected chi connectivity index (χ2v) is 3.15. The molecule has 0 spiro atoms. The molecule has 0 aliphatic heterocycles. The molecule has 0 aliphatic rings. The Hall–Kier alpha value is -1.64. The first-order chi connectivity index (χ1) is 8.27. The number of halogens is 1. The Morgan fingerprint density at radius 3 is 2.06 bits per heavy atom. The predicted octanol–water partition coefficient (Wildman–Crippen LogP) is 4.66. The van der Waals surface area contributed by atoms with Gasteiger partial charge in [-0.15, -0.1) is 0 Å². The van der Waals surface area contributed by atoms with Gasteiger partial charge < -0.3 is 4.98 Å². The van der Waals surface area contributed by atoms with Crippen LogP contribution in [0.1, 0.15) is 34.1 Å². The molecule has 0 atom stereocenters. The van der Waals surface area contributed by atoms with Crippen molar-refractivity contribution in [1.82, 2.24) is 9.97 Å². The van der Waals surface area contributed by atoms with Gasteiger partial charge >= 0.3 is 0 Å². The highest BCUT2D eigenvalue weighted by atomic mass is 19.1. The lowest BCUT2D eigenvalue weighted by molar-refractivity contribution is 0.628. The van der Waals surface area contributed by atoms with E-state index >= 15 is 0 Å². The summed E-state index contributed by atoms with van der Waals surface area (Å²) < 4.78 is 12.5. The summed E-state index contributed by atoms with van der Waals surface area (Å²) in [5.74, 6) is 0.528. The lowest BCUT2D eigenvalue weighted by atomic mass is 10.2. The summed E-state index contributed by atoms with van der Waals surface area (Å²) >= 11 is 0. The van der Waals surface area contributed by atoms with E-state index in [1.165, 1.54) is 18.6 Å². The Morgan fingerprint density at radius 1 is 1.12 bits per heavy atom. The number of nitrogens with one attached hydrogen (secondary N) is 1. The van der Waals surface area contributed by atoms with Gasteiger partial charge in [-0.25, -0.2) is 9.37 Å². The average molecular weight is 236 g/mol. The summed E-state index contributed by atoms with van der Waals surface area (Å²) in [6.07, 6.45) is 4.65. The largest absolute Gasteiger partial charge is 0.345 e. The number of rotatable bonds is 1. The van der Waals surface area contributed by atoms with E-state index < -0.39 is 0 Å². The molecule has 0 bridgehead atoms. The highest BCUT2D eigenvalue weighted by molar-refractivity contribution is 5.54. The van der Waals surface area contributed by atoms with Crippen LogP contribution < -0.4 is 0 Å². The van der Waals surface area contributed by atoms with Gasteiger partial charge in [0.2, 0.25) is 0 Å². The molecule has 0 unspecified atom stereocenters. The number of hydrogen-bond acceptors (Lipinski definition) is 1. The van der Waals surface area contributed by atoms with Crippen molar-refractivity contribution in [1.29, 1.82) is 0 Å². The lowest BCUT2D eigenvalue weighted by Gasteiger charge is -1.94. The third-order valence-electron chi connectivity index (χ3n) is 1.62. The maximum atomic E-state index is 12.5. The Bertz CT molecular complexity index is 366. The fraction of sp³-hybridized carbons (Fsp3) is 0.357. The van der Waals surface area contributed by atoms with Crippen LogP contribution in [0, 0.1) is 5.82 Å². The fourth-order valence-corrected chi connectivity index (χ4v) is 1.03. The van der Waals surface area contributed by atoms with Crippen molar-refractivity contribution in [3.63, 3.8) is 0 Å². The van der Waals surface area contributed by atoms with E-state index in [9.17, 15) is 4.39 Å². The van der Waals surface area contributed by atoms with Crippen LogP contribution in [-0.4, -0.2) is 9.97 Å². The van der Waals surface area contributed by atoms with E-state index in [4.69, 9.17) is 0 Å². The number of aromatic nitrogens is 2. The van der Waals surface area contributed by atoms with Gasteiger partial charge in [-0.1, -0.05) is 34.1 Å². The van der Waals surface area contributed by atoms with Crippen molar-refractivity contribution < 1.29 is 4.39 Å². The molecule has 1 aromatic heterocycles. The molecule has 1 aromatic carbocycles. The number of aromatic amines is 1. The molecule has 2 rings (SSSR count). The second-order valence-electron chi connectivity index (χ2n) is 3.15. The summed E-state index contributed by atoms with van der Waals surface area (Å²) in [4.78, 5) is 6.98. The number of H-pyrrole nitrogens is 1. The Labute approximate surface area is 103 Å². The van der Waals surface area contributed by atoms with E-state index in [0.717, 1.165) is 11.4 Å². The topological polar surface area (TPSA) is 28.7 Å². The van der Waals surface area contributed by atoms with Gasteiger partial charge in [0.15, 0.2) is 0 Å². The molecule has 2 nitrogen and oxygen atoms in total. The van der Waals surface area contributed by atoms with Gasteiger partial charge in [-0.05, 0) is 24.3 Å². The van der Waals surface area contributed by atoms with Crippen LogP contribution in [0.2, 0.25) is 0 Å². The van der Waals surface area contributed by atoms with Gasteiger partial charge in [-0.3, -0.25) is 0 Å². The first-order valence-electron chi connectivity index (χ1n) is 6.03. The van der Waals surface area contributed by atoms with E-state index in [-0.39, 0.29) is 5.82 Å². The van der Waals surface area contributed by atoms with Crippen molar-refractivity contribution >= 4 is 0 Å². The van der Waals surface area contributed by atoms with E-state index in [0.29, 0.717) is 0 Å². The third-order valence-corrected chi connectivity index (χ3v) is 1.62. The Kier molecular flexibility index (Phi) is 8.65. The van der Waals surface area contributed by atoms with Crippen LogP contribution >= 0.6 is 0 Å². The summed E-state index contributed by atoms with van der Waals surface area (Å²) in [5.41, 5.74) is 0.890. The normalized spacial score (nSPS) is 8.53. The van der Waals surface area contributed by atoms with Crippen molar-refractivity contribution in [3.05, 3.63) is 42.5 Å². The van der Waals surface area contributed by atoms with Crippen LogP contribution in [0.25, 0.3) is 11.4 Å². The monoisotopic (exact) mass is 236 g/mol. The molecule has 1 heterocycles. The molecule has 1 N–H and O–H groups in total.